The average molecular weight is 605 g/mol. The van der Waals surface area contributed by atoms with Crippen molar-refractivity contribution in [3.63, 3.8) is 0 Å². The topological polar surface area (TPSA) is 153 Å². The maximum Gasteiger partial charge on any atom is 0.326 e. The quantitative estimate of drug-likeness (QED) is 0.210. The first-order valence-corrected chi connectivity index (χ1v) is 16.9. The number of nitrogens with one attached hydrogen (secondary N) is 2. The number of carbonyl (C=O) groups is 4. The molecule has 0 radical (unpaired) electrons. The molecule has 0 aromatic carbocycles. The number of aliphatic hydroxyl groups is 1. The van der Waals surface area contributed by atoms with Gasteiger partial charge in [-0.3, -0.25) is 14.4 Å². The molecule has 244 valence electrons. The van der Waals surface area contributed by atoms with Gasteiger partial charge in [0.2, 0.25) is 11.8 Å². The minimum absolute atomic E-state index is 0.118. The van der Waals surface area contributed by atoms with E-state index in [1.807, 2.05) is 0 Å². The van der Waals surface area contributed by atoms with E-state index in [1.54, 1.807) is 13.8 Å². The molecule has 43 heavy (non-hydrogen) atoms. The van der Waals surface area contributed by atoms with Crippen LogP contribution in [0.15, 0.2) is 0 Å². The fraction of sp³-hybridized carbons (Fsp3) is 0.882. The van der Waals surface area contributed by atoms with Crippen LogP contribution in [0, 0.1) is 52.3 Å². The Hall–Kier alpha value is -2.16. The first-order chi connectivity index (χ1) is 20.2. The van der Waals surface area contributed by atoms with Crippen LogP contribution in [0.5, 0.6) is 0 Å². The highest BCUT2D eigenvalue weighted by Gasteiger charge is 2.60. The lowest BCUT2D eigenvalue weighted by atomic mass is 9.44. The molecule has 0 bridgehead atoms. The molecule has 11 atom stereocenters. The fourth-order valence-corrected chi connectivity index (χ4v) is 10.3. The molecule has 4 aliphatic rings. The number of carboxylic acids is 2. The largest absolute Gasteiger partial charge is 0.481 e. The Labute approximate surface area is 257 Å². The maximum absolute atomic E-state index is 13.1. The van der Waals surface area contributed by atoms with E-state index >= 15 is 0 Å². The summed E-state index contributed by atoms with van der Waals surface area (Å²) in [6, 6.07) is -2.22. The third kappa shape index (κ3) is 7.07. The smallest absolute Gasteiger partial charge is 0.326 e. The van der Waals surface area contributed by atoms with Gasteiger partial charge in [0.15, 0.2) is 0 Å². The summed E-state index contributed by atoms with van der Waals surface area (Å²) in [5.74, 6) is 0.367. The number of rotatable bonds is 12. The van der Waals surface area contributed by atoms with Crippen molar-refractivity contribution in [2.75, 3.05) is 0 Å². The average Bonchev–Trinajstić information content (AvgIpc) is 3.29. The Morgan fingerprint density at radius 2 is 1.49 bits per heavy atom. The molecule has 4 saturated carbocycles. The number of amides is 2. The predicted molar refractivity (Wildman–Crippen MR) is 163 cm³/mol. The highest BCUT2D eigenvalue weighted by atomic mass is 16.4. The molecule has 0 aromatic rings. The number of carbonyl (C=O) groups excluding carboxylic acids is 2. The van der Waals surface area contributed by atoms with Crippen LogP contribution in [0.4, 0.5) is 0 Å². The van der Waals surface area contributed by atoms with Crippen LogP contribution >= 0.6 is 0 Å². The molecule has 4 rings (SSSR count). The van der Waals surface area contributed by atoms with E-state index in [9.17, 15) is 29.4 Å². The summed E-state index contributed by atoms with van der Waals surface area (Å²) in [6.07, 6.45) is 11.0. The van der Waals surface area contributed by atoms with Gasteiger partial charge in [0.1, 0.15) is 12.1 Å². The predicted octanol–water partition coefficient (Wildman–Crippen LogP) is 5.00. The molecule has 4 aliphatic carbocycles. The number of carboxylic acid groups (broad SMARTS) is 2. The number of aliphatic hydroxyl groups excluding tert-OH is 1. The summed E-state index contributed by atoms with van der Waals surface area (Å²) in [7, 11) is 0. The summed E-state index contributed by atoms with van der Waals surface area (Å²) < 4.78 is 0. The van der Waals surface area contributed by atoms with Gasteiger partial charge in [-0.25, -0.2) is 4.79 Å². The van der Waals surface area contributed by atoms with Crippen molar-refractivity contribution in [3.8, 4) is 0 Å². The van der Waals surface area contributed by atoms with Crippen LogP contribution in [0.3, 0.4) is 0 Å². The third-order valence-electron chi connectivity index (χ3n) is 12.8. The van der Waals surface area contributed by atoms with Crippen LogP contribution in [0.25, 0.3) is 0 Å². The second kappa shape index (κ2) is 13.5. The molecule has 0 spiro atoms. The van der Waals surface area contributed by atoms with Gasteiger partial charge >= 0.3 is 11.9 Å². The first-order valence-electron chi connectivity index (χ1n) is 16.9. The molecule has 0 heterocycles. The van der Waals surface area contributed by atoms with Gasteiger partial charge in [0.25, 0.3) is 0 Å². The number of aliphatic carboxylic acids is 2. The van der Waals surface area contributed by atoms with E-state index in [2.05, 4.69) is 31.4 Å². The Morgan fingerprint density at radius 1 is 0.814 bits per heavy atom. The standard InChI is InChI=1S/C34H56N2O7/c1-19(2)30(31(41)35-27(32(42)43)11-13-29(39)40)36-28(38)12-6-20(3)24-9-10-25-23-8-7-21-18-22(37)14-16-33(21,4)26(23)15-17-34(24,25)5/h19-27,30,37H,6-18H2,1-5H3,(H,35,41)(H,36,38)(H,39,40)(H,42,43)/t20?,21-,22-,23+,24-,25+,26+,27?,30?,33+,34-/m1/s1. The molecule has 0 aromatic heterocycles. The lowest BCUT2D eigenvalue weighted by Gasteiger charge is -2.61. The van der Waals surface area contributed by atoms with Crippen molar-refractivity contribution in [2.24, 2.45) is 52.3 Å². The molecule has 9 nitrogen and oxygen atoms in total. The maximum atomic E-state index is 13.1. The molecule has 0 aliphatic heterocycles. The second-order valence-corrected chi connectivity index (χ2v) is 15.5. The Kier molecular flexibility index (Phi) is 10.6. The van der Waals surface area contributed by atoms with Crippen molar-refractivity contribution in [1.29, 1.82) is 0 Å². The normalized spacial score (nSPS) is 37.3. The van der Waals surface area contributed by atoms with Gasteiger partial charge in [-0.05, 0) is 123 Å². The van der Waals surface area contributed by atoms with Crippen LogP contribution in [0.1, 0.15) is 118 Å². The minimum atomic E-state index is -1.32. The summed E-state index contributed by atoms with van der Waals surface area (Å²) >= 11 is 0. The SMILES string of the molecule is CC(C)C(NC(=O)CCC(C)[C@H]1CC[C@H]2[C@@H]3CC[C@@H]4C[C@H](O)CC[C@]4(C)[C@H]3CC[C@]12C)C(=O)NC(CCC(=O)O)C(=O)O. The van der Waals surface area contributed by atoms with Crippen molar-refractivity contribution >= 4 is 23.8 Å². The number of fused-ring (bicyclic) bond motifs is 5. The summed E-state index contributed by atoms with van der Waals surface area (Å²) in [4.78, 5) is 48.4. The molecular weight excluding hydrogens is 548 g/mol. The van der Waals surface area contributed by atoms with Gasteiger partial charge in [0.05, 0.1) is 6.10 Å². The zero-order valence-corrected chi connectivity index (χ0v) is 26.9. The summed E-state index contributed by atoms with van der Waals surface area (Å²) in [6.45, 7) is 10.9. The zero-order valence-electron chi connectivity index (χ0n) is 26.9. The van der Waals surface area contributed by atoms with Crippen molar-refractivity contribution in [3.05, 3.63) is 0 Å². The van der Waals surface area contributed by atoms with E-state index in [0.717, 1.165) is 43.4 Å². The lowest BCUT2D eigenvalue weighted by Crippen LogP contribution is -2.54. The van der Waals surface area contributed by atoms with E-state index < -0.39 is 29.9 Å². The van der Waals surface area contributed by atoms with Gasteiger partial charge < -0.3 is 26.0 Å². The Morgan fingerprint density at radius 3 is 2.14 bits per heavy atom. The van der Waals surface area contributed by atoms with E-state index in [0.29, 0.717) is 29.6 Å². The Bertz CT molecular complexity index is 1050. The van der Waals surface area contributed by atoms with Gasteiger partial charge in [-0.15, -0.1) is 0 Å². The Balaban J connectivity index is 1.32. The molecule has 4 fully saturated rings. The first kappa shape index (κ1) is 33.7. The monoisotopic (exact) mass is 604 g/mol. The summed E-state index contributed by atoms with van der Waals surface area (Å²) in [5.41, 5.74) is 0.655. The molecular formula is C34H56N2O7. The number of hydrogen-bond donors (Lipinski definition) is 5. The highest BCUT2D eigenvalue weighted by Crippen LogP contribution is 2.68. The van der Waals surface area contributed by atoms with Crippen LogP contribution in [0.2, 0.25) is 0 Å². The van der Waals surface area contributed by atoms with E-state index in [4.69, 9.17) is 5.11 Å². The van der Waals surface area contributed by atoms with E-state index in [-0.39, 0.29) is 36.2 Å². The molecule has 5 N–H and O–H groups in total. The molecule has 9 heteroatoms. The fourth-order valence-electron chi connectivity index (χ4n) is 10.3. The third-order valence-corrected chi connectivity index (χ3v) is 12.8. The van der Waals surface area contributed by atoms with E-state index in [1.165, 1.54) is 38.5 Å². The highest BCUT2D eigenvalue weighted by molar-refractivity contribution is 5.90. The van der Waals surface area contributed by atoms with Crippen molar-refractivity contribution < 1.29 is 34.5 Å². The van der Waals surface area contributed by atoms with Gasteiger partial charge in [-0.1, -0.05) is 34.6 Å². The second-order valence-electron chi connectivity index (χ2n) is 15.5. The zero-order chi connectivity index (χ0) is 31.7. The van der Waals surface area contributed by atoms with Crippen LogP contribution in [-0.4, -0.2) is 57.3 Å². The number of hydrogen-bond acceptors (Lipinski definition) is 5. The minimum Gasteiger partial charge on any atom is -0.481 e. The lowest BCUT2D eigenvalue weighted by molar-refractivity contribution is -0.143. The van der Waals surface area contributed by atoms with Gasteiger partial charge in [-0.2, -0.15) is 0 Å². The molecule has 0 saturated heterocycles. The summed E-state index contributed by atoms with van der Waals surface area (Å²) in [5, 5.41) is 33.9. The van der Waals surface area contributed by atoms with Crippen LogP contribution in [-0.2, 0) is 19.2 Å². The molecule has 3 unspecified atom stereocenters. The van der Waals surface area contributed by atoms with Crippen LogP contribution < -0.4 is 10.6 Å². The van der Waals surface area contributed by atoms with Crippen molar-refractivity contribution in [1.82, 2.24) is 10.6 Å². The van der Waals surface area contributed by atoms with Gasteiger partial charge in [0, 0.05) is 12.8 Å². The molecule has 2 amide bonds. The van der Waals surface area contributed by atoms with Crippen molar-refractivity contribution in [2.45, 2.75) is 136 Å².